The molecule has 0 aromatic heterocycles. The van der Waals surface area contributed by atoms with Gasteiger partial charge in [-0.1, -0.05) is 12.1 Å². The zero-order valence-corrected chi connectivity index (χ0v) is 17.6. The Morgan fingerprint density at radius 3 is 2.45 bits per heavy atom. The summed E-state index contributed by atoms with van der Waals surface area (Å²) in [6.45, 7) is 8.69. The fraction of sp³-hybridized carbons (Fsp3) is 0.591. The van der Waals surface area contributed by atoms with Gasteiger partial charge in [0, 0.05) is 45.1 Å². The van der Waals surface area contributed by atoms with Crippen LogP contribution in [0.2, 0.25) is 0 Å². The average molecular weight is 402 g/mol. The summed E-state index contributed by atoms with van der Waals surface area (Å²) in [6, 6.07) is 7.41. The van der Waals surface area contributed by atoms with Crippen molar-refractivity contribution in [1.29, 1.82) is 0 Å². The van der Waals surface area contributed by atoms with Gasteiger partial charge in [0.25, 0.3) is 5.91 Å². The van der Waals surface area contributed by atoms with Gasteiger partial charge in [-0.2, -0.15) is 0 Å². The number of para-hydroxylation sites is 2. The Labute approximate surface area is 172 Å². The summed E-state index contributed by atoms with van der Waals surface area (Å²) in [5, 5.41) is 0. The van der Waals surface area contributed by atoms with E-state index in [4.69, 9.17) is 4.74 Å². The minimum Gasteiger partial charge on any atom is -0.479 e. The number of anilines is 1. The number of hydrogen-bond donors (Lipinski definition) is 0. The molecule has 0 saturated carbocycles. The predicted octanol–water partition coefficient (Wildman–Crippen LogP) is 2.30. The van der Waals surface area contributed by atoms with Crippen LogP contribution in [0.25, 0.3) is 0 Å². The number of likely N-dealkylation sites (tertiary alicyclic amines) is 1. The molecule has 158 valence electrons. The van der Waals surface area contributed by atoms with Gasteiger partial charge in [0.1, 0.15) is 5.75 Å². The van der Waals surface area contributed by atoms with E-state index in [1.165, 1.54) is 0 Å². The number of ether oxygens (including phenoxy) is 1. The largest absolute Gasteiger partial charge is 0.479 e. The van der Waals surface area contributed by atoms with Crippen LogP contribution in [0.5, 0.6) is 5.75 Å². The molecule has 0 radical (unpaired) electrons. The van der Waals surface area contributed by atoms with Crippen LogP contribution in [0.4, 0.5) is 5.69 Å². The van der Waals surface area contributed by atoms with Crippen LogP contribution in [0.3, 0.4) is 0 Å². The lowest BCUT2D eigenvalue weighted by atomic mass is 9.95. The molecule has 0 bridgehead atoms. The molecule has 0 spiro atoms. The van der Waals surface area contributed by atoms with Gasteiger partial charge < -0.3 is 19.4 Å². The summed E-state index contributed by atoms with van der Waals surface area (Å²) >= 11 is 0. The summed E-state index contributed by atoms with van der Waals surface area (Å²) in [7, 11) is 0. The number of piperidine rings is 1. The lowest BCUT2D eigenvalue weighted by Crippen LogP contribution is -2.47. The molecule has 1 fully saturated rings. The van der Waals surface area contributed by atoms with E-state index >= 15 is 0 Å². The molecule has 1 saturated heterocycles. The van der Waals surface area contributed by atoms with Gasteiger partial charge in [0.15, 0.2) is 6.10 Å². The van der Waals surface area contributed by atoms with E-state index in [2.05, 4.69) is 0 Å². The minimum absolute atomic E-state index is 0.00694. The van der Waals surface area contributed by atoms with E-state index in [9.17, 15) is 14.4 Å². The molecule has 7 heteroatoms. The zero-order valence-electron chi connectivity index (χ0n) is 17.6. The van der Waals surface area contributed by atoms with Gasteiger partial charge in [-0.05, 0) is 45.7 Å². The number of carbonyl (C=O) groups is 3. The third-order valence-electron chi connectivity index (χ3n) is 5.89. The van der Waals surface area contributed by atoms with Crippen molar-refractivity contribution < 1.29 is 19.1 Å². The first-order valence-corrected chi connectivity index (χ1v) is 10.6. The second-order valence-corrected chi connectivity index (χ2v) is 7.63. The number of rotatable bonds is 6. The molecule has 1 aromatic rings. The summed E-state index contributed by atoms with van der Waals surface area (Å²) < 4.78 is 5.65. The fourth-order valence-electron chi connectivity index (χ4n) is 4.12. The monoisotopic (exact) mass is 401 g/mol. The molecule has 0 N–H and O–H groups in total. The Balaban J connectivity index is 1.54. The first-order chi connectivity index (χ1) is 14.0. The minimum atomic E-state index is -0.554. The molecule has 2 aliphatic heterocycles. The number of hydrogen-bond acceptors (Lipinski definition) is 4. The van der Waals surface area contributed by atoms with Crippen molar-refractivity contribution in [1.82, 2.24) is 9.80 Å². The molecule has 29 heavy (non-hydrogen) atoms. The number of amides is 3. The Bertz CT molecular complexity index is 754. The normalized spacial score (nSPS) is 19.6. The smallest absolute Gasteiger partial charge is 0.267 e. The third kappa shape index (κ3) is 4.54. The van der Waals surface area contributed by atoms with E-state index < -0.39 is 6.10 Å². The van der Waals surface area contributed by atoms with Gasteiger partial charge in [-0.25, -0.2) is 0 Å². The van der Waals surface area contributed by atoms with Gasteiger partial charge in [0.05, 0.1) is 5.69 Å². The maximum atomic E-state index is 12.7. The van der Waals surface area contributed by atoms with Crippen molar-refractivity contribution in [3.8, 4) is 5.75 Å². The van der Waals surface area contributed by atoms with Gasteiger partial charge >= 0.3 is 0 Å². The van der Waals surface area contributed by atoms with Crippen LogP contribution in [-0.2, 0) is 14.4 Å². The van der Waals surface area contributed by atoms with Crippen molar-refractivity contribution >= 4 is 23.4 Å². The average Bonchev–Trinajstić information content (AvgIpc) is 2.74. The Kier molecular flexibility index (Phi) is 6.77. The highest BCUT2D eigenvalue weighted by molar-refractivity contribution is 6.00. The molecule has 7 nitrogen and oxygen atoms in total. The van der Waals surface area contributed by atoms with Crippen LogP contribution >= 0.6 is 0 Å². The second-order valence-electron chi connectivity index (χ2n) is 7.63. The predicted molar refractivity (Wildman–Crippen MR) is 111 cm³/mol. The quantitative estimate of drug-likeness (QED) is 0.733. The van der Waals surface area contributed by atoms with Crippen LogP contribution in [0.15, 0.2) is 24.3 Å². The highest BCUT2D eigenvalue weighted by atomic mass is 16.5. The van der Waals surface area contributed by atoms with Crippen molar-refractivity contribution in [2.75, 3.05) is 37.6 Å². The van der Waals surface area contributed by atoms with E-state index in [0.717, 1.165) is 13.1 Å². The SMILES string of the molecule is CCN(CC)C(=O)C1CCN(C(=O)CCN2C(=O)C(C)Oc3ccccc32)CC1. The van der Waals surface area contributed by atoms with Crippen LogP contribution < -0.4 is 9.64 Å². The Morgan fingerprint density at radius 2 is 1.79 bits per heavy atom. The lowest BCUT2D eigenvalue weighted by molar-refractivity contribution is -0.140. The van der Waals surface area contributed by atoms with Crippen LogP contribution in [0.1, 0.15) is 40.0 Å². The van der Waals surface area contributed by atoms with E-state index in [1.54, 1.807) is 11.8 Å². The molecule has 1 unspecified atom stereocenters. The van der Waals surface area contributed by atoms with Crippen LogP contribution in [0, 0.1) is 5.92 Å². The highest BCUT2D eigenvalue weighted by Crippen LogP contribution is 2.33. The topological polar surface area (TPSA) is 70.2 Å². The molecular formula is C22H31N3O4. The maximum absolute atomic E-state index is 12.7. The number of carbonyl (C=O) groups excluding carboxylic acids is 3. The molecule has 1 aromatic carbocycles. The summed E-state index contributed by atoms with van der Waals surface area (Å²) in [5.74, 6) is 0.782. The summed E-state index contributed by atoms with van der Waals surface area (Å²) in [4.78, 5) is 43.1. The van der Waals surface area contributed by atoms with Crippen molar-refractivity contribution in [3.63, 3.8) is 0 Å². The molecule has 2 aliphatic rings. The summed E-state index contributed by atoms with van der Waals surface area (Å²) in [6.07, 6.45) is 1.12. The molecule has 0 aliphatic carbocycles. The lowest BCUT2D eigenvalue weighted by Gasteiger charge is -2.35. The zero-order chi connectivity index (χ0) is 21.0. The molecular weight excluding hydrogens is 370 g/mol. The molecule has 1 atom stereocenters. The molecule has 3 rings (SSSR count). The molecule has 3 amide bonds. The van der Waals surface area contributed by atoms with Crippen LogP contribution in [-0.4, -0.2) is 66.3 Å². The van der Waals surface area contributed by atoms with Crippen molar-refractivity contribution in [2.24, 2.45) is 5.92 Å². The third-order valence-corrected chi connectivity index (χ3v) is 5.89. The fourth-order valence-corrected chi connectivity index (χ4v) is 4.12. The van der Waals surface area contributed by atoms with E-state index in [1.807, 2.05) is 47.9 Å². The van der Waals surface area contributed by atoms with Gasteiger partial charge in [-0.3, -0.25) is 14.4 Å². The first kappa shape index (κ1) is 21.1. The summed E-state index contributed by atoms with van der Waals surface area (Å²) in [5.41, 5.74) is 0.715. The number of nitrogens with zero attached hydrogens (tertiary/aromatic N) is 3. The van der Waals surface area contributed by atoms with Gasteiger partial charge in [0.2, 0.25) is 11.8 Å². The van der Waals surface area contributed by atoms with Gasteiger partial charge in [-0.15, -0.1) is 0 Å². The number of benzene rings is 1. The van der Waals surface area contributed by atoms with Crippen molar-refractivity contribution in [3.05, 3.63) is 24.3 Å². The van der Waals surface area contributed by atoms with E-state index in [-0.39, 0.29) is 30.1 Å². The number of fused-ring (bicyclic) bond motifs is 1. The molecule has 2 heterocycles. The maximum Gasteiger partial charge on any atom is 0.267 e. The standard InChI is InChI=1S/C22H31N3O4/c1-4-23(5-2)22(28)17-10-13-24(14-11-17)20(26)12-15-25-18-8-6-7-9-19(18)29-16(3)21(25)27/h6-9,16-17H,4-5,10-15H2,1-3H3. The highest BCUT2D eigenvalue weighted by Gasteiger charge is 2.33. The first-order valence-electron chi connectivity index (χ1n) is 10.6. The van der Waals surface area contributed by atoms with Crippen molar-refractivity contribution in [2.45, 2.75) is 46.1 Å². The second kappa shape index (κ2) is 9.29. The van der Waals surface area contributed by atoms with E-state index in [0.29, 0.717) is 43.9 Å². The Morgan fingerprint density at radius 1 is 1.14 bits per heavy atom. The Hall–Kier alpha value is -2.57.